The molecule has 4 nitrogen and oxygen atoms in total. The summed E-state index contributed by atoms with van der Waals surface area (Å²) in [5, 5.41) is 2.41. The Hall–Kier alpha value is -3.01. The van der Waals surface area contributed by atoms with Crippen LogP contribution in [0.1, 0.15) is 0 Å². The molecule has 5 aromatic rings. The SMILES string of the molecule is CN1C=CN(c2[c-]c(Sc3[c-]cc4c(c3)c3ccccc3n4-c3ccccn3)ccc2)[CH-]1.[Pt]. The largest absolute Gasteiger partial charge is 0.510 e. The van der Waals surface area contributed by atoms with Gasteiger partial charge in [-0.1, -0.05) is 29.8 Å². The first-order valence-electron chi connectivity index (χ1n) is 10.4. The molecule has 0 radical (unpaired) electrons. The first kappa shape index (κ1) is 21.8. The van der Waals surface area contributed by atoms with Crippen molar-refractivity contribution >= 4 is 39.3 Å². The standard InChI is InChI=1S/C27H19N4S.Pt/c1-29-15-16-30(19-29)20-7-6-8-21(17-20)32-22-12-13-26-24(18-22)23-9-2-3-10-25(23)31(26)27-11-4-5-14-28-27;/h2-11,13-16,18-19H,1H3;/q-3;. The number of benzene rings is 3. The van der Waals surface area contributed by atoms with Crippen LogP contribution in [0.25, 0.3) is 27.6 Å². The number of para-hydroxylation sites is 1. The van der Waals surface area contributed by atoms with Crippen LogP contribution in [0.2, 0.25) is 0 Å². The number of hydrogen-bond acceptors (Lipinski definition) is 4. The van der Waals surface area contributed by atoms with Gasteiger partial charge in [-0.25, -0.2) is 4.98 Å². The average molecular weight is 627 g/mol. The van der Waals surface area contributed by atoms with Gasteiger partial charge in [0.15, 0.2) is 0 Å². The average Bonchev–Trinajstić information content (AvgIpc) is 3.41. The molecule has 2 aromatic heterocycles. The van der Waals surface area contributed by atoms with Crippen molar-refractivity contribution in [1.82, 2.24) is 14.5 Å². The molecule has 6 rings (SSSR count). The second-order valence-electron chi connectivity index (χ2n) is 7.63. The molecule has 0 unspecified atom stereocenters. The third kappa shape index (κ3) is 4.07. The normalized spacial score (nSPS) is 13.1. The van der Waals surface area contributed by atoms with Gasteiger partial charge < -0.3 is 14.4 Å². The molecular weight excluding hydrogens is 607 g/mol. The van der Waals surface area contributed by atoms with E-state index in [-0.39, 0.29) is 21.1 Å². The number of nitrogens with zero attached hydrogens (tertiary/aromatic N) is 4. The fourth-order valence-electron chi connectivity index (χ4n) is 4.04. The van der Waals surface area contributed by atoms with Crippen LogP contribution in [0.4, 0.5) is 5.69 Å². The van der Waals surface area contributed by atoms with E-state index in [0.717, 1.165) is 32.3 Å². The number of aromatic nitrogens is 2. The maximum Gasteiger partial charge on any atom is 0.126 e. The molecule has 1 aliphatic rings. The Morgan fingerprint density at radius 3 is 2.58 bits per heavy atom. The Kier molecular flexibility index (Phi) is 6.01. The minimum atomic E-state index is 0. The number of pyridine rings is 1. The Morgan fingerprint density at radius 2 is 1.76 bits per heavy atom. The fourth-order valence-corrected chi connectivity index (χ4v) is 4.87. The van der Waals surface area contributed by atoms with Crippen LogP contribution >= 0.6 is 11.8 Å². The van der Waals surface area contributed by atoms with Gasteiger partial charge >= 0.3 is 0 Å². The molecule has 3 aromatic carbocycles. The van der Waals surface area contributed by atoms with Crippen LogP contribution in [-0.4, -0.2) is 21.5 Å². The third-order valence-electron chi connectivity index (χ3n) is 5.48. The topological polar surface area (TPSA) is 24.3 Å². The fraction of sp³-hybridized carbons (Fsp3) is 0.0370. The van der Waals surface area contributed by atoms with Crippen molar-refractivity contribution < 1.29 is 21.1 Å². The molecule has 1 aliphatic heterocycles. The summed E-state index contributed by atoms with van der Waals surface area (Å²) in [6, 6.07) is 32.0. The molecule has 0 fully saturated rings. The summed E-state index contributed by atoms with van der Waals surface area (Å²) in [6.45, 7) is 2.03. The molecule has 0 saturated heterocycles. The Morgan fingerprint density at radius 1 is 0.879 bits per heavy atom. The second kappa shape index (κ2) is 9.09. The van der Waals surface area contributed by atoms with Crippen LogP contribution in [-0.2, 0) is 21.1 Å². The summed E-state index contributed by atoms with van der Waals surface area (Å²) in [6.07, 6.45) is 5.88. The van der Waals surface area contributed by atoms with Crippen molar-refractivity contribution in [3.05, 3.63) is 110 Å². The summed E-state index contributed by atoms with van der Waals surface area (Å²) in [5.74, 6) is 0.911. The molecule has 0 atom stereocenters. The van der Waals surface area contributed by atoms with Gasteiger partial charge in [-0.2, -0.15) is 37.0 Å². The van der Waals surface area contributed by atoms with Crippen molar-refractivity contribution in [2.75, 3.05) is 11.9 Å². The van der Waals surface area contributed by atoms with Crippen molar-refractivity contribution in [3.63, 3.8) is 0 Å². The van der Waals surface area contributed by atoms with Gasteiger partial charge in [0.05, 0.1) is 0 Å². The molecule has 6 heteroatoms. The van der Waals surface area contributed by atoms with Crippen LogP contribution in [0.3, 0.4) is 0 Å². The van der Waals surface area contributed by atoms with Crippen LogP contribution in [0.15, 0.2) is 101 Å². The van der Waals surface area contributed by atoms with Crippen molar-refractivity contribution in [1.29, 1.82) is 0 Å². The molecule has 0 saturated carbocycles. The molecule has 0 bridgehead atoms. The molecule has 166 valence electrons. The molecule has 0 amide bonds. The van der Waals surface area contributed by atoms with E-state index >= 15 is 0 Å². The second-order valence-corrected chi connectivity index (χ2v) is 8.71. The van der Waals surface area contributed by atoms with E-state index in [4.69, 9.17) is 0 Å². The predicted octanol–water partition coefficient (Wildman–Crippen LogP) is 6.27. The molecule has 0 N–H and O–H groups in total. The van der Waals surface area contributed by atoms with E-state index < -0.39 is 0 Å². The van der Waals surface area contributed by atoms with Gasteiger partial charge in [0.1, 0.15) is 5.82 Å². The van der Waals surface area contributed by atoms with Gasteiger partial charge in [-0.3, -0.25) is 0 Å². The van der Waals surface area contributed by atoms with Crippen molar-refractivity contribution in [2.24, 2.45) is 0 Å². The minimum Gasteiger partial charge on any atom is -0.510 e. The number of fused-ring (bicyclic) bond motifs is 3. The van der Waals surface area contributed by atoms with E-state index in [1.165, 1.54) is 10.8 Å². The Balaban J connectivity index is 0.00000228. The minimum absolute atomic E-state index is 0. The molecule has 0 aliphatic carbocycles. The van der Waals surface area contributed by atoms with E-state index in [0.29, 0.717) is 0 Å². The quantitative estimate of drug-likeness (QED) is 0.220. The summed E-state index contributed by atoms with van der Waals surface area (Å²) < 4.78 is 2.20. The Bertz CT molecular complexity index is 1460. The van der Waals surface area contributed by atoms with Gasteiger partial charge in [-0.15, -0.1) is 44.8 Å². The first-order valence-corrected chi connectivity index (χ1v) is 11.2. The maximum absolute atomic E-state index is 4.59. The zero-order valence-corrected chi connectivity index (χ0v) is 20.8. The number of rotatable bonds is 4. The van der Waals surface area contributed by atoms with E-state index in [1.807, 2.05) is 55.4 Å². The molecule has 33 heavy (non-hydrogen) atoms. The van der Waals surface area contributed by atoms with E-state index in [9.17, 15) is 0 Å². The van der Waals surface area contributed by atoms with Crippen LogP contribution in [0, 0.1) is 18.8 Å². The molecule has 3 heterocycles. The van der Waals surface area contributed by atoms with E-state index in [2.05, 4.69) is 81.2 Å². The first-order chi connectivity index (χ1) is 15.8. The number of hydrogen-bond donors (Lipinski definition) is 0. The van der Waals surface area contributed by atoms with Crippen LogP contribution < -0.4 is 4.90 Å². The van der Waals surface area contributed by atoms with Gasteiger partial charge in [0.25, 0.3) is 0 Å². The van der Waals surface area contributed by atoms with Crippen LogP contribution in [0.5, 0.6) is 0 Å². The van der Waals surface area contributed by atoms with E-state index in [1.54, 1.807) is 11.8 Å². The summed E-state index contributed by atoms with van der Waals surface area (Å²) >= 11 is 1.68. The van der Waals surface area contributed by atoms with Gasteiger partial charge in [0.2, 0.25) is 0 Å². The molecular formula is C27H19N4PtS-3. The molecule has 0 spiro atoms. The van der Waals surface area contributed by atoms with Crippen molar-refractivity contribution in [2.45, 2.75) is 9.79 Å². The van der Waals surface area contributed by atoms with Gasteiger partial charge in [-0.05, 0) is 43.0 Å². The summed E-state index contributed by atoms with van der Waals surface area (Å²) in [7, 11) is 2.01. The maximum atomic E-state index is 4.59. The Labute approximate surface area is 211 Å². The van der Waals surface area contributed by atoms with Gasteiger partial charge in [0, 0.05) is 32.8 Å². The van der Waals surface area contributed by atoms with Crippen molar-refractivity contribution in [3.8, 4) is 5.82 Å². The zero-order chi connectivity index (χ0) is 21.5. The summed E-state index contributed by atoms with van der Waals surface area (Å²) in [5.41, 5.74) is 3.26. The number of anilines is 1. The summed E-state index contributed by atoms with van der Waals surface area (Å²) in [4.78, 5) is 10.8. The monoisotopic (exact) mass is 626 g/mol. The smallest absolute Gasteiger partial charge is 0.126 e. The zero-order valence-electron chi connectivity index (χ0n) is 17.8. The predicted molar refractivity (Wildman–Crippen MR) is 130 cm³/mol. The third-order valence-corrected chi connectivity index (χ3v) is 6.39.